The first-order valence-corrected chi connectivity index (χ1v) is 10.3. The van der Waals surface area contributed by atoms with Crippen LogP contribution in [-0.2, 0) is 6.54 Å². The van der Waals surface area contributed by atoms with Gasteiger partial charge in [-0.25, -0.2) is 4.39 Å². The Kier molecular flexibility index (Phi) is 7.87. The van der Waals surface area contributed by atoms with E-state index in [2.05, 4.69) is 50.9 Å². The van der Waals surface area contributed by atoms with Crippen molar-refractivity contribution < 1.29 is 9.13 Å². The van der Waals surface area contributed by atoms with E-state index in [9.17, 15) is 4.39 Å². The van der Waals surface area contributed by atoms with Crippen LogP contribution in [-0.4, -0.2) is 49.7 Å². The molecule has 0 spiro atoms. The van der Waals surface area contributed by atoms with Crippen molar-refractivity contribution in [2.45, 2.75) is 38.5 Å². The number of nitrogens with zero attached hydrogens (tertiary/aromatic N) is 2. The van der Waals surface area contributed by atoms with Crippen LogP contribution in [0.4, 0.5) is 4.39 Å². The Hall–Kier alpha value is -2.60. The van der Waals surface area contributed by atoms with Gasteiger partial charge in [0.2, 0.25) is 0 Å². The van der Waals surface area contributed by atoms with Crippen LogP contribution < -0.4 is 15.4 Å². The monoisotopic (exact) mass is 398 g/mol. The molecule has 1 saturated heterocycles. The molecular weight excluding hydrogens is 367 g/mol. The van der Waals surface area contributed by atoms with Gasteiger partial charge in [-0.3, -0.25) is 9.89 Å². The molecular formula is C23H31FN4O. The Morgan fingerprint density at radius 2 is 1.83 bits per heavy atom. The molecule has 0 aromatic heterocycles. The van der Waals surface area contributed by atoms with Crippen molar-refractivity contribution in [3.63, 3.8) is 0 Å². The van der Waals surface area contributed by atoms with E-state index in [-0.39, 0.29) is 11.9 Å². The summed E-state index contributed by atoms with van der Waals surface area (Å²) in [5.74, 6) is 1.19. The number of ether oxygens (including phenoxy) is 1. The van der Waals surface area contributed by atoms with Crippen LogP contribution in [0.25, 0.3) is 0 Å². The Morgan fingerprint density at radius 3 is 2.48 bits per heavy atom. The van der Waals surface area contributed by atoms with Crippen molar-refractivity contribution in [2.24, 2.45) is 4.99 Å². The highest BCUT2D eigenvalue weighted by Crippen LogP contribution is 2.14. The first-order valence-electron chi connectivity index (χ1n) is 10.3. The average molecular weight is 399 g/mol. The molecule has 2 aromatic carbocycles. The standard InChI is InChI=1S/C23H31FN4O/c1-18(29-22-10-8-20(24)9-11-22)16-26-23(25-2)27-21-12-14-28(15-13-21)17-19-6-4-3-5-7-19/h3-11,18,21H,12-17H2,1-2H3,(H2,25,26,27). The molecule has 0 bridgehead atoms. The summed E-state index contributed by atoms with van der Waals surface area (Å²) in [6.45, 7) is 5.76. The van der Waals surface area contributed by atoms with E-state index in [1.54, 1.807) is 19.2 Å². The van der Waals surface area contributed by atoms with Gasteiger partial charge in [0, 0.05) is 32.7 Å². The highest BCUT2D eigenvalue weighted by Gasteiger charge is 2.20. The van der Waals surface area contributed by atoms with Crippen LogP contribution in [0.3, 0.4) is 0 Å². The fraction of sp³-hybridized carbons (Fsp3) is 0.435. The van der Waals surface area contributed by atoms with Crippen LogP contribution >= 0.6 is 0 Å². The predicted molar refractivity (Wildman–Crippen MR) is 116 cm³/mol. The zero-order valence-electron chi connectivity index (χ0n) is 17.3. The van der Waals surface area contributed by atoms with E-state index in [1.807, 2.05) is 6.92 Å². The molecule has 2 aromatic rings. The minimum atomic E-state index is -0.262. The number of halogens is 1. The van der Waals surface area contributed by atoms with Gasteiger partial charge in [-0.1, -0.05) is 30.3 Å². The second-order valence-electron chi connectivity index (χ2n) is 7.52. The molecule has 5 nitrogen and oxygen atoms in total. The molecule has 3 rings (SSSR count). The summed E-state index contributed by atoms with van der Waals surface area (Å²) in [5.41, 5.74) is 1.37. The lowest BCUT2D eigenvalue weighted by molar-refractivity contribution is 0.197. The summed E-state index contributed by atoms with van der Waals surface area (Å²) in [7, 11) is 1.78. The topological polar surface area (TPSA) is 48.9 Å². The zero-order valence-corrected chi connectivity index (χ0v) is 17.3. The molecule has 1 aliphatic rings. The molecule has 29 heavy (non-hydrogen) atoms. The molecule has 1 atom stereocenters. The van der Waals surface area contributed by atoms with E-state index < -0.39 is 0 Å². The van der Waals surface area contributed by atoms with Gasteiger partial charge in [0.25, 0.3) is 0 Å². The van der Waals surface area contributed by atoms with Crippen LogP contribution in [0.2, 0.25) is 0 Å². The van der Waals surface area contributed by atoms with E-state index in [1.165, 1.54) is 17.7 Å². The third-order valence-electron chi connectivity index (χ3n) is 5.11. The molecule has 0 aliphatic carbocycles. The van der Waals surface area contributed by atoms with Gasteiger partial charge < -0.3 is 15.4 Å². The van der Waals surface area contributed by atoms with Gasteiger partial charge >= 0.3 is 0 Å². The fourth-order valence-corrected chi connectivity index (χ4v) is 3.49. The van der Waals surface area contributed by atoms with Gasteiger partial charge in [-0.15, -0.1) is 0 Å². The molecule has 1 fully saturated rings. The van der Waals surface area contributed by atoms with E-state index >= 15 is 0 Å². The lowest BCUT2D eigenvalue weighted by Crippen LogP contribution is -2.49. The Bertz CT molecular complexity index is 758. The van der Waals surface area contributed by atoms with Crippen LogP contribution in [0, 0.1) is 5.82 Å². The smallest absolute Gasteiger partial charge is 0.191 e. The number of rotatable bonds is 7. The SMILES string of the molecule is CN=C(NCC(C)Oc1ccc(F)cc1)NC1CCN(Cc2ccccc2)CC1. The molecule has 1 unspecified atom stereocenters. The Balaban J connectivity index is 1.37. The van der Waals surface area contributed by atoms with Gasteiger partial charge in [0.1, 0.15) is 17.7 Å². The first-order chi connectivity index (χ1) is 14.1. The van der Waals surface area contributed by atoms with E-state index in [0.717, 1.165) is 38.4 Å². The number of guanidine groups is 1. The zero-order chi connectivity index (χ0) is 20.5. The number of hydrogen-bond acceptors (Lipinski definition) is 3. The molecule has 6 heteroatoms. The quantitative estimate of drug-likeness (QED) is 0.554. The minimum Gasteiger partial charge on any atom is -0.489 e. The third-order valence-corrected chi connectivity index (χ3v) is 5.11. The highest BCUT2D eigenvalue weighted by atomic mass is 19.1. The van der Waals surface area contributed by atoms with Crippen LogP contribution in [0.15, 0.2) is 59.6 Å². The van der Waals surface area contributed by atoms with Gasteiger partial charge in [0.15, 0.2) is 5.96 Å². The lowest BCUT2D eigenvalue weighted by Gasteiger charge is -2.33. The van der Waals surface area contributed by atoms with Crippen molar-refractivity contribution in [3.8, 4) is 5.75 Å². The second-order valence-corrected chi connectivity index (χ2v) is 7.52. The summed E-state index contributed by atoms with van der Waals surface area (Å²) in [4.78, 5) is 6.84. The number of hydrogen-bond donors (Lipinski definition) is 2. The van der Waals surface area contributed by atoms with Crippen molar-refractivity contribution in [1.29, 1.82) is 0 Å². The number of benzene rings is 2. The molecule has 156 valence electrons. The molecule has 0 radical (unpaired) electrons. The highest BCUT2D eigenvalue weighted by molar-refractivity contribution is 5.80. The summed E-state index contributed by atoms with van der Waals surface area (Å²) >= 11 is 0. The lowest BCUT2D eigenvalue weighted by atomic mass is 10.0. The molecule has 2 N–H and O–H groups in total. The maximum atomic E-state index is 13.0. The second kappa shape index (κ2) is 10.8. The van der Waals surface area contributed by atoms with Crippen LogP contribution in [0.1, 0.15) is 25.3 Å². The Labute approximate surface area is 173 Å². The molecule has 1 heterocycles. The van der Waals surface area contributed by atoms with Gasteiger partial charge in [-0.2, -0.15) is 0 Å². The maximum Gasteiger partial charge on any atom is 0.191 e. The average Bonchev–Trinajstić information content (AvgIpc) is 2.75. The normalized spacial score (nSPS) is 17.0. The maximum absolute atomic E-state index is 13.0. The van der Waals surface area contributed by atoms with Crippen LogP contribution in [0.5, 0.6) is 5.75 Å². The fourth-order valence-electron chi connectivity index (χ4n) is 3.49. The Morgan fingerprint density at radius 1 is 1.14 bits per heavy atom. The molecule has 0 amide bonds. The summed E-state index contributed by atoms with van der Waals surface area (Å²) < 4.78 is 18.8. The predicted octanol–water partition coefficient (Wildman–Crippen LogP) is 3.42. The van der Waals surface area contributed by atoms with E-state index in [4.69, 9.17) is 4.74 Å². The number of aliphatic imine (C=N–C) groups is 1. The summed E-state index contributed by atoms with van der Waals surface area (Å²) in [6, 6.07) is 17.1. The van der Waals surface area contributed by atoms with Gasteiger partial charge in [0.05, 0.1) is 6.54 Å². The van der Waals surface area contributed by atoms with Crippen molar-refractivity contribution in [2.75, 3.05) is 26.7 Å². The number of nitrogens with one attached hydrogen (secondary N) is 2. The van der Waals surface area contributed by atoms with Crippen molar-refractivity contribution >= 4 is 5.96 Å². The van der Waals surface area contributed by atoms with Crippen molar-refractivity contribution in [1.82, 2.24) is 15.5 Å². The third kappa shape index (κ3) is 7.06. The minimum absolute atomic E-state index is 0.0632. The number of likely N-dealkylation sites (tertiary alicyclic amines) is 1. The van der Waals surface area contributed by atoms with Crippen molar-refractivity contribution in [3.05, 3.63) is 66.0 Å². The first kappa shape index (κ1) is 21.1. The van der Waals surface area contributed by atoms with E-state index in [0.29, 0.717) is 18.3 Å². The molecule has 0 saturated carbocycles. The summed E-state index contributed by atoms with van der Waals surface area (Å²) in [5, 5.41) is 6.85. The molecule has 1 aliphatic heterocycles. The number of piperidine rings is 1. The largest absolute Gasteiger partial charge is 0.489 e. The summed E-state index contributed by atoms with van der Waals surface area (Å²) in [6.07, 6.45) is 2.12. The van der Waals surface area contributed by atoms with Gasteiger partial charge in [-0.05, 0) is 49.6 Å².